The van der Waals surface area contributed by atoms with E-state index in [4.69, 9.17) is 16.3 Å². The fourth-order valence-electron chi connectivity index (χ4n) is 5.16. The van der Waals surface area contributed by atoms with Crippen LogP contribution in [0.25, 0.3) is 22.0 Å². The van der Waals surface area contributed by atoms with E-state index in [0.29, 0.717) is 35.5 Å². The smallest absolute Gasteiger partial charge is 0.243 e. The first-order chi connectivity index (χ1) is 18.5. The Bertz CT molecular complexity index is 1660. The van der Waals surface area contributed by atoms with Crippen molar-refractivity contribution in [1.29, 1.82) is 0 Å². The number of aromatic nitrogens is 1. The molecule has 1 aliphatic heterocycles. The largest absolute Gasteiger partial charge is 0.457 e. The van der Waals surface area contributed by atoms with Crippen LogP contribution < -0.4 is 4.74 Å². The van der Waals surface area contributed by atoms with Gasteiger partial charge in [0, 0.05) is 35.2 Å². The van der Waals surface area contributed by atoms with Crippen LogP contribution >= 0.6 is 11.6 Å². The van der Waals surface area contributed by atoms with Crippen LogP contribution in [0.4, 0.5) is 0 Å². The second-order valence-electron chi connectivity index (χ2n) is 9.58. The fraction of sp³-hybridized carbons (Fsp3) is 0.161. The molecule has 38 heavy (non-hydrogen) atoms. The molecule has 7 heteroatoms. The van der Waals surface area contributed by atoms with Gasteiger partial charge in [-0.1, -0.05) is 48.0 Å². The monoisotopic (exact) mass is 542 g/mol. The van der Waals surface area contributed by atoms with Gasteiger partial charge in [-0.05, 0) is 96.1 Å². The molecule has 1 N–H and O–H groups in total. The van der Waals surface area contributed by atoms with Gasteiger partial charge in [0.05, 0.1) is 4.90 Å². The van der Waals surface area contributed by atoms with Crippen molar-refractivity contribution in [3.63, 3.8) is 0 Å². The van der Waals surface area contributed by atoms with Crippen LogP contribution in [-0.4, -0.2) is 30.8 Å². The molecule has 0 aliphatic carbocycles. The number of fused-ring (bicyclic) bond motifs is 1. The third-order valence-electron chi connectivity index (χ3n) is 7.23. The minimum Gasteiger partial charge on any atom is -0.457 e. The summed E-state index contributed by atoms with van der Waals surface area (Å²) in [6.45, 7) is 0.974. The van der Waals surface area contributed by atoms with Gasteiger partial charge in [-0.2, -0.15) is 4.31 Å². The summed E-state index contributed by atoms with van der Waals surface area (Å²) in [5, 5.41) is 1.84. The Hall–Kier alpha value is -3.58. The number of nitrogens with zero attached hydrogens (tertiary/aromatic N) is 1. The second kappa shape index (κ2) is 10.3. The number of benzene rings is 4. The van der Waals surface area contributed by atoms with Crippen molar-refractivity contribution in [2.24, 2.45) is 0 Å². The molecule has 2 heterocycles. The van der Waals surface area contributed by atoms with Gasteiger partial charge in [0.2, 0.25) is 10.0 Å². The van der Waals surface area contributed by atoms with Crippen LogP contribution in [0.5, 0.6) is 11.5 Å². The van der Waals surface area contributed by atoms with Crippen LogP contribution in [0.2, 0.25) is 5.02 Å². The van der Waals surface area contributed by atoms with Crippen molar-refractivity contribution in [2.45, 2.75) is 23.7 Å². The predicted octanol–water partition coefficient (Wildman–Crippen LogP) is 7.85. The van der Waals surface area contributed by atoms with Gasteiger partial charge in [0.1, 0.15) is 11.5 Å². The lowest BCUT2D eigenvalue weighted by atomic mass is 9.89. The topological polar surface area (TPSA) is 62.4 Å². The van der Waals surface area contributed by atoms with Crippen LogP contribution in [0, 0.1) is 0 Å². The van der Waals surface area contributed by atoms with E-state index >= 15 is 0 Å². The van der Waals surface area contributed by atoms with E-state index in [-0.39, 0.29) is 4.90 Å². The fourth-order valence-corrected chi connectivity index (χ4v) is 6.76. The van der Waals surface area contributed by atoms with Gasteiger partial charge in [0.15, 0.2) is 0 Å². The molecular formula is C31H27ClN2O3S. The molecular weight excluding hydrogens is 516 g/mol. The van der Waals surface area contributed by atoms with E-state index in [1.807, 2.05) is 18.2 Å². The molecule has 0 unspecified atom stereocenters. The van der Waals surface area contributed by atoms with Crippen LogP contribution in [0.1, 0.15) is 24.3 Å². The average molecular weight is 543 g/mol. The summed E-state index contributed by atoms with van der Waals surface area (Å²) in [5.41, 5.74) is 4.74. The first-order valence-electron chi connectivity index (χ1n) is 12.7. The standard InChI is InChI=1S/C31H27ClN2O3S/c32-25-7-9-26(10-8-25)37-27-11-13-28(14-12-27)38(35,36)34-18-16-23(17-19-34)30-21-33-31-15-6-24(20-29(30)31)22-4-2-1-3-5-22/h1-15,20-21,23,33H,16-19H2. The van der Waals surface area contributed by atoms with E-state index < -0.39 is 10.0 Å². The SMILES string of the molecule is O=S(=O)(c1ccc(Oc2ccc(Cl)cc2)cc1)N1CCC(c2c[nH]c3ccc(-c4ccccc4)cc23)CC1. The van der Waals surface area contributed by atoms with Crippen molar-refractivity contribution in [3.8, 4) is 22.6 Å². The van der Waals surface area contributed by atoms with Gasteiger partial charge in [-0.25, -0.2) is 8.42 Å². The van der Waals surface area contributed by atoms with Gasteiger partial charge in [-0.15, -0.1) is 0 Å². The molecule has 5 aromatic rings. The summed E-state index contributed by atoms with van der Waals surface area (Å²) in [6.07, 6.45) is 3.65. The van der Waals surface area contributed by atoms with Crippen LogP contribution in [0.3, 0.4) is 0 Å². The highest BCUT2D eigenvalue weighted by Gasteiger charge is 2.31. The van der Waals surface area contributed by atoms with E-state index in [1.54, 1.807) is 52.8 Å². The lowest BCUT2D eigenvalue weighted by molar-refractivity contribution is 0.320. The average Bonchev–Trinajstić information content (AvgIpc) is 3.38. The maximum Gasteiger partial charge on any atom is 0.243 e. The van der Waals surface area contributed by atoms with E-state index in [2.05, 4.69) is 41.5 Å². The highest BCUT2D eigenvalue weighted by molar-refractivity contribution is 7.89. The minimum atomic E-state index is -3.58. The van der Waals surface area contributed by atoms with Gasteiger partial charge >= 0.3 is 0 Å². The molecule has 1 saturated heterocycles. The lowest BCUT2D eigenvalue weighted by Crippen LogP contribution is -2.37. The van der Waals surface area contributed by atoms with Crippen molar-refractivity contribution in [1.82, 2.24) is 9.29 Å². The Morgan fingerprint density at radius 3 is 2.13 bits per heavy atom. The summed E-state index contributed by atoms with van der Waals surface area (Å²) < 4.78 is 34.1. The second-order valence-corrected chi connectivity index (χ2v) is 12.0. The Kier molecular flexibility index (Phi) is 6.70. The number of rotatable bonds is 6. The highest BCUT2D eigenvalue weighted by Crippen LogP contribution is 2.36. The van der Waals surface area contributed by atoms with Crippen LogP contribution in [-0.2, 0) is 10.0 Å². The molecule has 0 radical (unpaired) electrons. The molecule has 4 aromatic carbocycles. The Labute approximate surface area is 227 Å². The maximum atomic E-state index is 13.4. The van der Waals surface area contributed by atoms with Crippen molar-refractivity contribution in [3.05, 3.63) is 114 Å². The maximum absolute atomic E-state index is 13.4. The van der Waals surface area contributed by atoms with E-state index in [1.165, 1.54) is 22.1 Å². The first kappa shape index (κ1) is 24.7. The Morgan fingerprint density at radius 2 is 1.45 bits per heavy atom. The number of aromatic amines is 1. The molecule has 5 nitrogen and oxygen atoms in total. The minimum absolute atomic E-state index is 0.277. The Balaban J connectivity index is 1.15. The number of piperidine rings is 1. The molecule has 0 spiro atoms. The van der Waals surface area contributed by atoms with E-state index in [0.717, 1.165) is 18.4 Å². The number of hydrogen-bond donors (Lipinski definition) is 1. The quantitative estimate of drug-likeness (QED) is 0.237. The summed E-state index contributed by atoms with van der Waals surface area (Å²) >= 11 is 5.92. The number of ether oxygens (including phenoxy) is 1. The van der Waals surface area contributed by atoms with Crippen LogP contribution in [0.15, 0.2) is 108 Å². The molecule has 1 fully saturated rings. The molecule has 0 saturated carbocycles. The van der Waals surface area contributed by atoms with Gasteiger partial charge in [-0.3, -0.25) is 0 Å². The molecule has 1 aromatic heterocycles. The zero-order valence-electron chi connectivity index (χ0n) is 20.7. The molecule has 0 atom stereocenters. The zero-order chi connectivity index (χ0) is 26.1. The highest BCUT2D eigenvalue weighted by atomic mass is 35.5. The number of nitrogens with one attached hydrogen (secondary N) is 1. The number of hydrogen-bond acceptors (Lipinski definition) is 3. The number of halogens is 1. The summed E-state index contributed by atoms with van der Waals surface area (Å²) in [4.78, 5) is 3.68. The molecule has 6 rings (SSSR count). The van der Waals surface area contributed by atoms with Crippen molar-refractivity contribution < 1.29 is 13.2 Å². The summed E-state index contributed by atoms with van der Waals surface area (Å²) in [5.74, 6) is 1.51. The molecule has 0 amide bonds. The first-order valence-corrected chi connectivity index (χ1v) is 14.5. The zero-order valence-corrected chi connectivity index (χ0v) is 22.3. The molecule has 0 bridgehead atoms. The molecule has 1 aliphatic rings. The predicted molar refractivity (Wildman–Crippen MR) is 152 cm³/mol. The number of H-pyrrole nitrogens is 1. The van der Waals surface area contributed by atoms with Crippen molar-refractivity contribution >= 4 is 32.5 Å². The normalized spacial score (nSPS) is 15.1. The van der Waals surface area contributed by atoms with Gasteiger partial charge < -0.3 is 9.72 Å². The third kappa shape index (κ3) is 4.95. The lowest BCUT2D eigenvalue weighted by Gasteiger charge is -2.31. The van der Waals surface area contributed by atoms with E-state index in [9.17, 15) is 8.42 Å². The van der Waals surface area contributed by atoms with Crippen molar-refractivity contribution in [2.75, 3.05) is 13.1 Å². The number of sulfonamides is 1. The third-order valence-corrected chi connectivity index (χ3v) is 9.39. The summed E-state index contributed by atoms with van der Waals surface area (Å²) in [7, 11) is -3.58. The van der Waals surface area contributed by atoms with Gasteiger partial charge in [0.25, 0.3) is 0 Å². The molecule has 192 valence electrons. The summed E-state index contributed by atoms with van der Waals surface area (Å²) in [6, 6.07) is 30.5. The Morgan fingerprint density at radius 1 is 0.789 bits per heavy atom.